The third-order valence-corrected chi connectivity index (χ3v) is 16.1. The molecule has 4 heterocycles. The smallest absolute Gasteiger partial charge is 0.308 e. The lowest BCUT2D eigenvalue weighted by Gasteiger charge is -2.47. The number of hydrogen-bond acceptors (Lipinski definition) is 27. The van der Waals surface area contributed by atoms with Gasteiger partial charge in [0.25, 0.3) is 0 Å². The molecular formula is C59H96N2O26. The number of aliphatic hydroxyl groups excluding tert-OH is 17. The molecule has 0 aliphatic carbocycles. The van der Waals surface area contributed by atoms with Crippen LogP contribution in [0, 0.1) is 17.8 Å². The number of rotatable bonds is 12. The lowest BCUT2D eigenvalue weighted by molar-refractivity contribution is -0.323. The van der Waals surface area contributed by atoms with Crippen molar-refractivity contribution in [3.05, 3.63) is 85.1 Å². The third-order valence-electron chi connectivity index (χ3n) is 16.1. The van der Waals surface area contributed by atoms with E-state index in [0.717, 1.165) is 0 Å². The molecule has 2 bridgehead atoms. The number of esters is 1. The van der Waals surface area contributed by atoms with Gasteiger partial charge in [0.15, 0.2) is 12.1 Å². The predicted molar refractivity (Wildman–Crippen MR) is 306 cm³/mol. The first-order valence-corrected chi connectivity index (χ1v) is 29.4. The number of carbonyl (C=O) groups excluding carboxylic acids is 2. The minimum Gasteiger partial charge on any atom is -0.462 e. The van der Waals surface area contributed by atoms with Crippen molar-refractivity contribution in [2.45, 2.75) is 225 Å². The Kier molecular flexibility index (Phi) is 31.5. The van der Waals surface area contributed by atoms with Crippen LogP contribution in [0.3, 0.4) is 0 Å². The minimum absolute atomic E-state index is 0.192. The zero-order valence-electron chi connectivity index (χ0n) is 49.4. The van der Waals surface area contributed by atoms with Gasteiger partial charge in [-0.25, -0.2) is 0 Å². The molecule has 0 aromatic rings. The molecule has 3 saturated heterocycles. The van der Waals surface area contributed by atoms with Crippen LogP contribution in [0.5, 0.6) is 0 Å². The van der Waals surface area contributed by atoms with E-state index < -0.39 is 228 Å². The number of hydrogen-bond donors (Lipinski definition) is 21. The minimum atomic E-state index is -2.54. The molecule has 7 unspecified atom stereocenters. The molecule has 498 valence electrons. The summed E-state index contributed by atoms with van der Waals surface area (Å²) in [5, 5.41) is 210. The van der Waals surface area contributed by atoms with Crippen molar-refractivity contribution in [2.75, 3.05) is 26.3 Å². The molecule has 0 spiro atoms. The molecule has 4 aliphatic heterocycles. The summed E-state index contributed by atoms with van der Waals surface area (Å²) in [6, 6.07) is -1.44. The lowest BCUT2D eigenvalue weighted by Crippen LogP contribution is -2.69. The van der Waals surface area contributed by atoms with E-state index in [1.54, 1.807) is 93.7 Å². The van der Waals surface area contributed by atoms with E-state index in [4.69, 9.17) is 23.7 Å². The zero-order chi connectivity index (χ0) is 64.9. The Morgan fingerprint density at radius 1 is 0.644 bits per heavy atom. The molecule has 0 radical (unpaired) electrons. The summed E-state index contributed by atoms with van der Waals surface area (Å²) in [5.74, 6) is -9.49. The van der Waals surface area contributed by atoms with Gasteiger partial charge in [-0.2, -0.15) is 0 Å². The molecule has 0 saturated carbocycles. The third kappa shape index (κ3) is 23.4. The van der Waals surface area contributed by atoms with E-state index in [0.29, 0.717) is 0 Å². The summed E-state index contributed by atoms with van der Waals surface area (Å²) in [7, 11) is 0. The molecule has 4 rings (SSSR count). The summed E-state index contributed by atoms with van der Waals surface area (Å²) in [6.45, 7) is 3.39. The van der Waals surface area contributed by atoms with Gasteiger partial charge in [0.1, 0.15) is 48.8 Å². The maximum atomic E-state index is 14.2. The average Bonchev–Trinajstić information content (AvgIpc) is 1.43. The second kappa shape index (κ2) is 36.3. The molecule has 21 N–H and O–H groups in total. The molecular weight excluding hydrogens is 1150 g/mol. The van der Waals surface area contributed by atoms with Crippen LogP contribution in [-0.4, -0.2) is 281 Å². The van der Waals surface area contributed by atoms with Gasteiger partial charge in [0.2, 0.25) is 11.7 Å². The van der Waals surface area contributed by atoms with Crippen molar-refractivity contribution < 1.29 is 130 Å². The first kappa shape index (κ1) is 75.6. The van der Waals surface area contributed by atoms with Gasteiger partial charge in [-0.1, -0.05) is 98.9 Å². The quantitative estimate of drug-likeness (QED) is 0.0811. The molecule has 87 heavy (non-hydrogen) atoms. The van der Waals surface area contributed by atoms with Gasteiger partial charge in [-0.15, -0.1) is 0 Å². The van der Waals surface area contributed by atoms with Crippen LogP contribution in [0.1, 0.15) is 79.1 Å². The predicted octanol–water partition coefficient (Wildman–Crippen LogP) is -5.39. The van der Waals surface area contributed by atoms with E-state index in [2.05, 4.69) is 10.6 Å². The van der Waals surface area contributed by atoms with E-state index in [9.17, 15) is 107 Å². The number of carbonyl (C=O) groups is 2. The topological polar surface area (TPSA) is 489 Å². The fourth-order valence-corrected chi connectivity index (χ4v) is 10.5. The number of amides is 1. The Morgan fingerprint density at radius 2 is 1.23 bits per heavy atom. The summed E-state index contributed by atoms with van der Waals surface area (Å²) in [4.78, 5) is 26.9. The lowest BCUT2D eigenvalue weighted by atomic mass is 9.82. The van der Waals surface area contributed by atoms with Crippen molar-refractivity contribution in [3.8, 4) is 0 Å². The van der Waals surface area contributed by atoms with E-state index in [1.807, 2.05) is 0 Å². The largest absolute Gasteiger partial charge is 0.462 e. The second-order valence-corrected chi connectivity index (χ2v) is 23.3. The van der Waals surface area contributed by atoms with Crippen molar-refractivity contribution in [1.82, 2.24) is 10.6 Å². The fraction of sp³-hybridized carbons (Fsp3) is 0.729. The maximum absolute atomic E-state index is 14.2. The number of allylic oxidation sites excluding steroid dienone is 12. The zero-order valence-corrected chi connectivity index (χ0v) is 49.4. The van der Waals surface area contributed by atoms with Gasteiger partial charge in [0, 0.05) is 44.1 Å². The van der Waals surface area contributed by atoms with Crippen LogP contribution in [0.15, 0.2) is 85.1 Å². The van der Waals surface area contributed by atoms with Gasteiger partial charge in [-0.05, 0) is 33.1 Å². The molecule has 4 aliphatic rings. The monoisotopic (exact) mass is 1250 g/mol. The number of nitrogens with one attached hydrogen (secondary N) is 2. The Hall–Kier alpha value is -3.84. The second-order valence-electron chi connectivity index (χ2n) is 23.3. The summed E-state index contributed by atoms with van der Waals surface area (Å²) >= 11 is 0. The molecule has 1 amide bonds. The number of cyclic esters (lactones) is 1. The Bertz CT molecular complexity index is 2270. The summed E-state index contributed by atoms with van der Waals surface area (Å²) in [6.07, 6.45) is -14.6. The van der Waals surface area contributed by atoms with Gasteiger partial charge in [0.05, 0.1) is 111 Å². The molecule has 27 atom stereocenters. The highest BCUT2D eigenvalue weighted by Crippen LogP contribution is 2.39. The highest BCUT2D eigenvalue weighted by atomic mass is 16.7. The SMILES string of the molecule is C[C@@H]1[C@H](O)[C@@H](C)C=CC=CC=CC=CC=CC=CC=C[C@H](OC2O[C@H](C)[C@@H](O)[C@H](NC[C@@]3(O)OC[C@@H](O)[C@@H](O)[C@@H]3O)[C@@H]2O)CC2O[C@](O)(C[C@@H](O)C[C@@H](O)[C@H](O)CC[C@@H](O)C[C@@H](O)CC(=O)O[C@H]1C)C[C@H](O)C2C(=O)NCC(O)C(O)C(O)C(O)CO. The van der Waals surface area contributed by atoms with E-state index in [-0.39, 0.29) is 25.2 Å². The molecule has 28 heteroatoms. The Balaban J connectivity index is 1.70. The average molecular weight is 1250 g/mol. The number of ether oxygens (including phenoxy) is 5. The molecule has 0 aromatic heterocycles. The van der Waals surface area contributed by atoms with Crippen LogP contribution in [0.25, 0.3) is 0 Å². The van der Waals surface area contributed by atoms with Crippen LogP contribution in [0.4, 0.5) is 0 Å². The Labute approximate surface area is 505 Å². The van der Waals surface area contributed by atoms with Crippen molar-refractivity contribution >= 4 is 11.9 Å². The normalized spacial score (nSPS) is 41.3. The fourth-order valence-electron chi connectivity index (χ4n) is 10.5. The van der Waals surface area contributed by atoms with Gasteiger partial charge in [-0.3, -0.25) is 9.59 Å². The first-order chi connectivity index (χ1) is 40.9. The number of fused-ring (bicyclic) bond motifs is 2. The molecule has 3 fully saturated rings. The van der Waals surface area contributed by atoms with Crippen LogP contribution < -0.4 is 10.6 Å². The maximum Gasteiger partial charge on any atom is 0.308 e. The summed E-state index contributed by atoms with van der Waals surface area (Å²) in [5.41, 5.74) is 0. The molecule has 28 nitrogen and oxygen atoms in total. The standard InChI is InChI=1S/C59H96N2O26/c1-31-17-15-13-11-9-7-5-6-8-10-12-14-16-18-38(86-57-54(78)48(50(74)34(4)85-57)61-30-59(82)55(79)53(77)44(71)29-83-59)24-45-47(56(80)60-27-42(69)51(75)52(76)43(70)28-62)41(68)26-58(81,87-45)25-37(65)22-40(67)39(66)20-19-35(63)21-36(64)23-46(72)84-33(3)32(2)49(31)73/h5-18,31-45,47-55,57,61-71,73-79,81-82H,19-30H2,1-4H3,(H,60,80)/t31-,32-,33-,34+,35+,36+,37-,38-,39+,40+,41-,42?,43?,44+,45?,47?,48-,49+,50+,51?,52?,53+,54-,55-,57?,58+,59+/m0/s1. The summed E-state index contributed by atoms with van der Waals surface area (Å²) < 4.78 is 29.1. The first-order valence-electron chi connectivity index (χ1n) is 29.4. The van der Waals surface area contributed by atoms with Crippen LogP contribution in [0.2, 0.25) is 0 Å². The van der Waals surface area contributed by atoms with Crippen LogP contribution in [-0.2, 0) is 33.3 Å². The van der Waals surface area contributed by atoms with Crippen molar-refractivity contribution in [2.24, 2.45) is 17.8 Å². The van der Waals surface area contributed by atoms with Gasteiger partial charge >= 0.3 is 5.97 Å². The molecule has 0 aromatic carbocycles. The number of aliphatic hydroxyl groups is 19. The van der Waals surface area contributed by atoms with E-state index >= 15 is 0 Å². The van der Waals surface area contributed by atoms with E-state index in [1.165, 1.54) is 19.1 Å². The highest BCUT2D eigenvalue weighted by Gasteiger charge is 2.53. The van der Waals surface area contributed by atoms with Crippen LogP contribution >= 0.6 is 0 Å². The van der Waals surface area contributed by atoms with Gasteiger partial charge < -0.3 is 131 Å². The Morgan fingerprint density at radius 3 is 1.84 bits per heavy atom. The highest BCUT2D eigenvalue weighted by molar-refractivity contribution is 5.80. The van der Waals surface area contributed by atoms with Crippen molar-refractivity contribution in [1.29, 1.82) is 0 Å². The van der Waals surface area contributed by atoms with Crippen molar-refractivity contribution in [3.63, 3.8) is 0 Å².